The molecule has 4 saturated carbocycles. The molecule has 3 heteroatoms. The molecule has 4 fully saturated rings. The van der Waals surface area contributed by atoms with E-state index >= 15 is 0 Å². The van der Waals surface area contributed by atoms with Crippen molar-refractivity contribution in [3.8, 4) is 6.07 Å². The molecule has 4 aliphatic rings. The Kier molecular flexibility index (Phi) is 6.08. The zero-order chi connectivity index (χ0) is 22.3. The first-order valence-corrected chi connectivity index (χ1v) is 13.3. The van der Waals surface area contributed by atoms with Crippen LogP contribution in [0.2, 0.25) is 0 Å². The molecule has 5 rings (SSSR count). The second kappa shape index (κ2) is 8.85. The van der Waals surface area contributed by atoms with Crippen LogP contribution >= 0.6 is 0 Å². The van der Waals surface area contributed by atoms with E-state index in [1.807, 2.05) is 6.07 Å². The summed E-state index contributed by atoms with van der Waals surface area (Å²) in [5.74, 6) is 6.25. The molecule has 32 heavy (non-hydrogen) atoms. The molecular formula is C29H40N2O. The van der Waals surface area contributed by atoms with Crippen molar-refractivity contribution in [1.82, 2.24) is 5.32 Å². The molecule has 0 heterocycles. The molecule has 4 aliphatic carbocycles. The normalized spacial score (nSPS) is 40.8. The Morgan fingerprint density at radius 3 is 2.78 bits per heavy atom. The zero-order valence-electron chi connectivity index (χ0n) is 20.0. The van der Waals surface area contributed by atoms with Gasteiger partial charge >= 0.3 is 0 Å². The van der Waals surface area contributed by atoms with E-state index in [0.29, 0.717) is 22.5 Å². The molecule has 1 aromatic rings. The van der Waals surface area contributed by atoms with Crippen molar-refractivity contribution in [2.45, 2.75) is 78.1 Å². The van der Waals surface area contributed by atoms with Crippen LogP contribution in [0.25, 0.3) is 0 Å². The van der Waals surface area contributed by atoms with Crippen molar-refractivity contribution in [2.24, 2.45) is 46.8 Å². The summed E-state index contributed by atoms with van der Waals surface area (Å²) in [4.78, 5) is 12.8. The highest BCUT2D eigenvalue weighted by Gasteiger charge is 2.55. The van der Waals surface area contributed by atoms with Gasteiger partial charge < -0.3 is 5.32 Å². The number of benzene rings is 1. The molecule has 1 amide bonds. The van der Waals surface area contributed by atoms with Crippen molar-refractivity contribution in [3.05, 3.63) is 35.4 Å². The van der Waals surface area contributed by atoms with Gasteiger partial charge in [0.05, 0.1) is 11.6 Å². The molecule has 1 N–H and O–H groups in total. The predicted octanol–water partition coefficient (Wildman–Crippen LogP) is 6.58. The van der Waals surface area contributed by atoms with Crippen molar-refractivity contribution in [3.63, 3.8) is 0 Å². The number of nitrogens with zero attached hydrogens (tertiary/aromatic N) is 1. The third-order valence-corrected chi connectivity index (χ3v) is 10.4. The van der Waals surface area contributed by atoms with Gasteiger partial charge in [0, 0.05) is 12.1 Å². The summed E-state index contributed by atoms with van der Waals surface area (Å²) in [5, 5.41) is 12.4. The van der Waals surface area contributed by atoms with E-state index in [1.165, 1.54) is 64.2 Å². The highest BCUT2D eigenvalue weighted by molar-refractivity contribution is 5.94. The van der Waals surface area contributed by atoms with Gasteiger partial charge in [-0.15, -0.1) is 0 Å². The van der Waals surface area contributed by atoms with Crippen molar-refractivity contribution in [2.75, 3.05) is 6.54 Å². The summed E-state index contributed by atoms with van der Waals surface area (Å²) >= 11 is 0. The lowest BCUT2D eigenvalue weighted by molar-refractivity contribution is -0.108. The third kappa shape index (κ3) is 3.89. The minimum absolute atomic E-state index is 0.0293. The second-order valence-corrected chi connectivity index (χ2v) is 11.9. The third-order valence-electron chi connectivity index (χ3n) is 10.4. The summed E-state index contributed by atoms with van der Waals surface area (Å²) in [7, 11) is 0. The van der Waals surface area contributed by atoms with E-state index < -0.39 is 0 Å². The first kappa shape index (κ1) is 22.0. The molecule has 0 bridgehead atoms. The summed E-state index contributed by atoms with van der Waals surface area (Å²) in [6, 6.07) is 9.21. The quantitative estimate of drug-likeness (QED) is 0.586. The number of carbonyl (C=O) groups excluding carboxylic acids is 1. The van der Waals surface area contributed by atoms with Gasteiger partial charge in [-0.1, -0.05) is 32.8 Å². The predicted molar refractivity (Wildman–Crippen MR) is 128 cm³/mol. The summed E-state index contributed by atoms with van der Waals surface area (Å²) in [6.45, 7) is 5.82. The first-order chi connectivity index (χ1) is 15.5. The molecule has 0 spiro atoms. The van der Waals surface area contributed by atoms with E-state index in [1.54, 1.807) is 18.2 Å². The Bertz CT molecular complexity index is 887. The molecule has 0 saturated heterocycles. The fraction of sp³-hybridized carbons (Fsp3) is 0.724. The van der Waals surface area contributed by atoms with Crippen LogP contribution in [0.3, 0.4) is 0 Å². The lowest BCUT2D eigenvalue weighted by Gasteiger charge is -2.60. The average molecular weight is 433 g/mol. The van der Waals surface area contributed by atoms with Crippen LogP contribution in [0.5, 0.6) is 0 Å². The van der Waals surface area contributed by atoms with Crippen LogP contribution in [0.15, 0.2) is 24.3 Å². The fourth-order valence-electron chi connectivity index (χ4n) is 8.78. The Morgan fingerprint density at radius 2 is 1.94 bits per heavy atom. The number of carbonyl (C=O) groups is 1. The number of nitriles is 1. The van der Waals surface area contributed by atoms with Crippen molar-refractivity contribution >= 4 is 5.91 Å². The number of nitrogens with one attached hydrogen (secondary N) is 1. The van der Waals surface area contributed by atoms with Gasteiger partial charge in [-0.05, 0) is 116 Å². The molecule has 0 aliphatic heterocycles. The smallest absolute Gasteiger partial charge is 0.251 e. The lowest BCUT2D eigenvalue weighted by atomic mass is 9.45. The number of hydrogen-bond donors (Lipinski definition) is 1. The maximum Gasteiger partial charge on any atom is 0.251 e. The minimum Gasteiger partial charge on any atom is -0.352 e. The first-order valence-electron chi connectivity index (χ1n) is 13.3. The Morgan fingerprint density at radius 1 is 1.09 bits per heavy atom. The molecule has 0 radical (unpaired) electrons. The van der Waals surface area contributed by atoms with Gasteiger partial charge in [0.15, 0.2) is 0 Å². The van der Waals surface area contributed by atoms with Crippen molar-refractivity contribution < 1.29 is 4.79 Å². The van der Waals surface area contributed by atoms with E-state index in [-0.39, 0.29) is 5.91 Å². The van der Waals surface area contributed by atoms with E-state index in [9.17, 15) is 4.79 Å². The Balaban J connectivity index is 1.27. The van der Waals surface area contributed by atoms with Gasteiger partial charge in [-0.2, -0.15) is 5.26 Å². The molecule has 8 atom stereocenters. The van der Waals surface area contributed by atoms with Crippen LogP contribution in [0.4, 0.5) is 0 Å². The number of amides is 1. The van der Waals surface area contributed by atoms with Gasteiger partial charge in [0.25, 0.3) is 5.91 Å². The summed E-state index contributed by atoms with van der Waals surface area (Å²) in [6.07, 6.45) is 14.1. The minimum atomic E-state index is -0.0293. The van der Waals surface area contributed by atoms with Crippen molar-refractivity contribution in [1.29, 1.82) is 5.26 Å². The Hall–Kier alpha value is -1.82. The molecule has 3 nitrogen and oxygen atoms in total. The monoisotopic (exact) mass is 432 g/mol. The highest BCUT2D eigenvalue weighted by Crippen LogP contribution is 2.63. The number of fused-ring (bicyclic) bond motifs is 5. The van der Waals surface area contributed by atoms with Gasteiger partial charge in [0.2, 0.25) is 0 Å². The van der Waals surface area contributed by atoms with Crippen LogP contribution in [0, 0.1) is 58.2 Å². The van der Waals surface area contributed by atoms with Crippen LogP contribution in [0.1, 0.15) is 94.0 Å². The van der Waals surface area contributed by atoms with Crippen LogP contribution in [-0.4, -0.2) is 12.5 Å². The largest absolute Gasteiger partial charge is 0.352 e. The standard InChI is InChI=1S/C29H40N2O/c1-19-9-11-24-21(15-19)10-12-26-25(24)13-14-29(2)23(7-4-8-27(26)29)18-31-28(32)22-6-3-5-20(16-22)17-30/h3,5-6,16,19,21,23-27H,4,7-15,18H2,1-2H3,(H,31,32). The highest BCUT2D eigenvalue weighted by atomic mass is 16.1. The van der Waals surface area contributed by atoms with E-state index in [2.05, 4.69) is 25.2 Å². The van der Waals surface area contributed by atoms with Crippen LogP contribution in [-0.2, 0) is 0 Å². The maximum absolute atomic E-state index is 12.8. The lowest BCUT2D eigenvalue weighted by Crippen LogP contribution is -2.54. The van der Waals surface area contributed by atoms with Gasteiger partial charge in [-0.25, -0.2) is 0 Å². The summed E-state index contributed by atoms with van der Waals surface area (Å²) < 4.78 is 0. The number of rotatable bonds is 3. The average Bonchev–Trinajstić information content (AvgIpc) is 2.81. The zero-order valence-corrected chi connectivity index (χ0v) is 20.0. The molecule has 0 aromatic heterocycles. The van der Waals surface area contributed by atoms with E-state index in [4.69, 9.17) is 5.26 Å². The van der Waals surface area contributed by atoms with Crippen LogP contribution < -0.4 is 5.32 Å². The van der Waals surface area contributed by atoms with Gasteiger partial charge in [-0.3, -0.25) is 4.79 Å². The van der Waals surface area contributed by atoms with Gasteiger partial charge in [0.1, 0.15) is 0 Å². The topological polar surface area (TPSA) is 52.9 Å². The van der Waals surface area contributed by atoms with E-state index in [0.717, 1.165) is 42.1 Å². The molecular weight excluding hydrogens is 392 g/mol. The molecule has 8 unspecified atom stereocenters. The SMILES string of the molecule is CC1CCC2C(CCC3C2CCC2(C)C(CNC(=O)c4cccc(C#N)c4)CCCC32)C1. The molecule has 172 valence electrons. The maximum atomic E-state index is 12.8. The second-order valence-electron chi connectivity index (χ2n) is 11.9. The molecule has 1 aromatic carbocycles. The Labute approximate surface area is 194 Å². The number of hydrogen-bond acceptors (Lipinski definition) is 2. The summed E-state index contributed by atoms with van der Waals surface area (Å²) in [5.41, 5.74) is 1.53. The fourth-order valence-corrected chi connectivity index (χ4v) is 8.78.